The number of aromatic nitrogens is 1. The first-order valence-corrected chi connectivity index (χ1v) is 11.0. The van der Waals surface area contributed by atoms with Crippen LogP contribution in [0.1, 0.15) is 21.7 Å². The second-order valence-electron chi connectivity index (χ2n) is 6.89. The lowest BCUT2D eigenvalue weighted by Gasteiger charge is -2.06. The molecule has 0 saturated heterocycles. The Morgan fingerprint density at radius 1 is 1.19 bits per heavy atom. The van der Waals surface area contributed by atoms with Crippen LogP contribution in [0.4, 0.5) is 13.2 Å². The van der Waals surface area contributed by atoms with E-state index in [0.29, 0.717) is 27.5 Å². The Morgan fingerprint density at radius 3 is 2.61 bits per heavy atom. The number of thioether (sulfide) groups is 1. The van der Waals surface area contributed by atoms with Gasteiger partial charge in [-0.25, -0.2) is 4.98 Å². The summed E-state index contributed by atoms with van der Waals surface area (Å²) in [5, 5.41) is 10.7. The van der Waals surface area contributed by atoms with Gasteiger partial charge in [0.2, 0.25) is 0 Å². The number of thiazole rings is 1. The van der Waals surface area contributed by atoms with Crippen LogP contribution in [0.5, 0.6) is 0 Å². The quantitative estimate of drug-likeness (QED) is 0.319. The van der Waals surface area contributed by atoms with Gasteiger partial charge in [-0.2, -0.15) is 13.2 Å². The van der Waals surface area contributed by atoms with E-state index in [0.717, 1.165) is 33.0 Å². The molecule has 0 radical (unpaired) electrons. The maximum absolute atomic E-state index is 12.8. The lowest BCUT2D eigenvalue weighted by Crippen LogP contribution is -2.03. The monoisotopic (exact) mass is 463 g/mol. The summed E-state index contributed by atoms with van der Waals surface area (Å²) in [6.45, 7) is 1.87. The van der Waals surface area contributed by atoms with Crippen molar-refractivity contribution in [1.29, 1.82) is 0 Å². The molecule has 1 N–H and O–H groups in total. The zero-order valence-electron chi connectivity index (χ0n) is 16.2. The average molecular weight is 464 g/mol. The second kappa shape index (κ2) is 8.39. The molecule has 4 nitrogen and oxygen atoms in total. The standard InChI is InChI=1S/C22H16F3NO3S2/c1-12-19(31-21(26-12)14-2-4-15(5-3-14)22(23,24)25)11-30-18-9-13(10-20(27)28)8-17-16(18)6-7-29-17/h2-9H,10-11H2,1H3,(H,27,28). The number of hydrogen-bond donors (Lipinski definition) is 1. The number of fused-ring (bicyclic) bond motifs is 1. The molecule has 0 amide bonds. The van der Waals surface area contributed by atoms with E-state index in [9.17, 15) is 18.0 Å². The number of aliphatic carboxylic acids is 1. The van der Waals surface area contributed by atoms with E-state index >= 15 is 0 Å². The van der Waals surface area contributed by atoms with Gasteiger partial charge in [0.25, 0.3) is 0 Å². The SMILES string of the molecule is Cc1nc(-c2ccc(C(F)(F)F)cc2)sc1CSc1cc(CC(=O)O)cc2occc12. The predicted octanol–water partition coefficient (Wildman–Crippen LogP) is 6.80. The highest BCUT2D eigenvalue weighted by Gasteiger charge is 2.30. The van der Waals surface area contributed by atoms with Crippen molar-refractivity contribution < 1.29 is 27.5 Å². The van der Waals surface area contributed by atoms with Crippen molar-refractivity contribution in [1.82, 2.24) is 4.98 Å². The van der Waals surface area contributed by atoms with Gasteiger partial charge in [0.1, 0.15) is 10.6 Å². The van der Waals surface area contributed by atoms with Gasteiger partial charge in [-0.1, -0.05) is 12.1 Å². The van der Waals surface area contributed by atoms with E-state index in [1.54, 1.807) is 24.1 Å². The second-order valence-corrected chi connectivity index (χ2v) is 8.99. The molecule has 0 aliphatic heterocycles. The van der Waals surface area contributed by atoms with E-state index in [1.165, 1.54) is 23.5 Å². The Labute approximate surface area is 183 Å². The van der Waals surface area contributed by atoms with Gasteiger partial charge < -0.3 is 9.52 Å². The summed E-state index contributed by atoms with van der Waals surface area (Å²) in [5.41, 5.74) is 2.05. The average Bonchev–Trinajstić information content (AvgIpc) is 3.31. The Hall–Kier alpha value is -2.78. The van der Waals surface area contributed by atoms with Gasteiger partial charge in [0, 0.05) is 26.5 Å². The fourth-order valence-electron chi connectivity index (χ4n) is 3.12. The number of hydrogen-bond acceptors (Lipinski definition) is 5. The maximum Gasteiger partial charge on any atom is 0.416 e. The first-order valence-electron chi connectivity index (χ1n) is 9.19. The lowest BCUT2D eigenvalue weighted by molar-refractivity contribution is -0.138. The van der Waals surface area contributed by atoms with Crippen LogP contribution < -0.4 is 0 Å². The molecular formula is C22H16F3NO3S2. The number of aryl methyl sites for hydroxylation is 1. The lowest BCUT2D eigenvalue weighted by atomic mass is 10.1. The number of benzene rings is 2. The normalized spacial score (nSPS) is 11.9. The van der Waals surface area contributed by atoms with Crippen molar-refractivity contribution >= 4 is 40.0 Å². The number of carbonyl (C=O) groups is 1. The van der Waals surface area contributed by atoms with Gasteiger partial charge in [-0.15, -0.1) is 23.1 Å². The molecule has 31 heavy (non-hydrogen) atoms. The first-order chi connectivity index (χ1) is 14.7. The van der Waals surface area contributed by atoms with Crippen LogP contribution in [0.3, 0.4) is 0 Å². The molecule has 0 aliphatic rings. The molecule has 0 unspecified atom stereocenters. The number of carboxylic acids is 1. The summed E-state index contributed by atoms with van der Waals surface area (Å²) in [4.78, 5) is 17.5. The van der Waals surface area contributed by atoms with Gasteiger partial charge in [0.05, 0.1) is 23.9 Å². The summed E-state index contributed by atoms with van der Waals surface area (Å²) in [6.07, 6.45) is -2.89. The molecule has 160 valence electrons. The summed E-state index contributed by atoms with van der Waals surface area (Å²) in [5.74, 6) is -0.317. The van der Waals surface area contributed by atoms with Gasteiger partial charge in [-0.05, 0) is 42.8 Å². The van der Waals surface area contributed by atoms with Crippen molar-refractivity contribution in [3.05, 3.63) is 70.4 Å². The number of carboxylic acid groups (broad SMARTS) is 1. The molecule has 0 bridgehead atoms. The van der Waals surface area contributed by atoms with Crippen LogP contribution in [0.15, 0.2) is 58.0 Å². The Kier molecular flexibility index (Phi) is 5.81. The number of nitrogens with zero attached hydrogens (tertiary/aromatic N) is 1. The third-order valence-electron chi connectivity index (χ3n) is 4.66. The molecule has 0 atom stereocenters. The molecule has 2 aromatic heterocycles. The van der Waals surface area contributed by atoms with Crippen molar-refractivity contribution in [3.8, 4) is 10.6 Å². The van der Waals surface area contributed by atoms with Crippen molar-refractivity contribution in [2.45, 2.75) is 30.2 Å². The van der Waals surface area contributed by atoms with Crippen LogP contribution >= 0.6 is 23.1 Å². The van der Waals surface area contributed by atoms with Crippen LogP contribution in [0.2, 0.25) is 0 Å². The van der Waals surface area contributed by atoms with Crippen LogP contribution in [-0.4, -0.2) is 16.1 Å². The smallest absolute Gasteiger partial charge is 0.416 e. The Balaban J connectivity index is 1.56. The van der Waals surface area contributed by atoms with E-state index in [2.05, 4.69) is 4.98 Å². The summed E-state index contributed by atoms with van der Waals surface area (Å²) in [7, 11) is 0. The van der Waals surface area contributed by atoms with E-state index in [-0.39, 0.29) is 6.42 Å². The predicted molar refractivity (Wildman–Crippen MR) is 114 cm³/mol. The molecule has 4 rings (SSSR count). The van der Waals surface area contributed by atoms with E-state index < -0.39 is 17.7 Å². The fourth-order valence-corrected chi connectivity index (χ4v) is 5.45. The number of halogens is 3. The van der Waals surface area contributed by atoms with Crippen molar-refractivity contribution in [2.75, 3.05) is 0 Å². The van der Waals surface area contributed by atoms with Crippen LogP contribution in [0, 0.1) is 6.92 Å². The van der Waals surface area contributed by atoms with E-state index in [4.69, 9.17) is 9.52 Å². The van der Waals surface area contributed by atoms with Gasteiger partial charge in [0.15, 0.2) is 0 Å². The summed E-state index contributed by atoms with van der Waals surface area (Å²) < 4.78 is 43.8. The molecule has 0 fully saturated rings. The first kappa shape index (κ1) is 21.5. The van der Waals surface area contributed by atoms with Crippen LogP contribution in [0.25, 0.3) is 21.5 Å². The highest BCUT2D eigenvalue weighted by Crippen LogP contribution is 2.37. The Bertz CT molecular complexity index is 1240. The summed E-state index contributed by atoms with van der Waals surface area (Å²) in [6, 6.07) is 10.4. The topological polar surface area (TPSA) is 63.3 Å². The maximum atomic E-state index is 12.8. The largest absolute Gasteiger partial charge is 0.481 e. The summed E-state index contributed by atoms with van der Waals surface area (Å²) >= 11 is 2.98. The highest BCUT2D eigenvalue weighted by atomic mass is 32.2. The zero-order valence-corrected chi connectivity index (χ0v) is 17.8. The van der Waals surface area contributed by atoms with Gasteiger partial charge in [-0.3, -0.25) is 4.79 Å². The van der Waals surface area contributed by atoms with E-state index in [1.807, 2.05) is 19.1 Å². The third-order valence-corrected chi connectivity index (χ3v) is 7.13. The van der Waals surface area contributed by atoms with Crippen molar-refractivity contribution in [2.24, 2.45) is 0 Å². The minimum Gasteiger partial charge on any atom is -0.481 e. The number of alkyl halides is 3. The third kappa shape index (κ3) is 4.77. The Morgan fingerprint density at radius 2 is 1.94 bits per heavy atom. The molecule has 4 aromatic rings. The molecule has 9 heteroatoms. The van der Waals surface area contributed by atoms with Gasteiger partial charge >= 0.3 is 12.1 Å². The molecule has 2 heterocycles. The minimum atomic E-state index is -4.37. The number of furan rings is 1. The molecule has 0 spiro atoms. The molecule has 0 saturated carbocycles. The molecular weight excluding hydrogens is 447 g/mol. The zero-order chi connectivity index (χ0) is 22.2. The minimum absolute atomic E-state index is 0.0954. The number of rotatable bonds is 6. The fraction of sp³-hybridized carbons (Fsp3) is 0.182. The highest BCUT2D eigenvalue weighted by molar-refractivity contribution is 7.98. The van der Waals surface area contributed by atoms with Crippen LogP contribution in [-0.2, 0) is 23.1 Å². The van der Waals surface area contributed by atoms with Crippen molar-refractivity contribution in [3.63, 3.8) is 0 Å². The molecule has 0 aliphatic carbocycles. The molecule has 2 aromatic carbocycles.